The molecule has 0 unspecified atom stereocenters. The third-order valence-electron chi connectivity index (χ3n) is 28.9. The molecule has 0 N–H and O–H groups in total. The molecule has 0 aliphatic carbocycles. The topological polar surface area (TPSA) is 68.9 Å². The summed E-state index contributed by atoms with van der Waals surface area (Å²) in [5.74, 6) is 0.283. The van der Waals surface area contributed by atoms with Gasteiger partial charge in [0.1, 0.15) is 0 Å². The monoisotopic (exact) mass is 2000 g/mol. The number of likely N-dealkylation sites (tertiary alicyclic amines) is 3. The molecule has 11 heterocycles. The Balaban J connectivity index is 0.000000134. The van der Waals surface area contributed by atoms with Gasteiger partial charge >= 0.3 is 24.7 Å². The number of carbonyl (C=O) groups excluding carboxylic acids is 1. The molecule has 139 heavy (non-hydrogen) atoms. The highest BCUT2D eigenvalue weighted by atomic mass is 32.2. The Bertz CT molecular complexity index is 5240. The van der Waals surface area contributed by atoms with Crippen LogP contribution < -0.4 is 19.6 Å². The molecule has 0 atom stereocenters. The number of alkyl halides is 12. The van der Waals surface area contributed by atoms with E-state index in [1.807, 2.05) is 89.8 Å². The third kappa shape index (κ3) is 28.6. The van der Waals surface area contributed by atoms with Crippen LogP contribution in [0.3, 0.4) is 0 Å². The maximum atomic E-state index is 13.4. The molecule has 17 nitrogen and oxygen atoms in total. The summed E-state index contributed by atoms with van der Waals surface area (Å²) in [5.41, 5.74) is 4.29. The number of piperidine rings is 1. The first kappa shape index (κ1) is 104. The number of rotatable bonds is 31. The summed E-state index contributed by atoms with van der Waals surface area (Å²) in [6, 6.07) is 48.5. The SMILES string of the molecule is CCN(CC)CCCN1CCN(CCCN2c3ccccc3Sc3ccc(C(F)(F)F)cc32)CC1.FC(F)(F)c1ccc2c(c1)N(CCCN1CCN(CCN3CCCC3)CC1)c1ccccc1S2.FC(F)(F)c1ccc2c(c1)N(CCCN1CCN(CCN3CCCCC3)CC1)c1ccccc1S2.O=C1CCCN1CCN1CCN(CCCN2c3ccccc3Sc3ccc(C(F)(F)F)cc32)CC1. The lowest BCUT2D eigenvalue weighted by Gasteiger charge is -2.37. The molecule has 11 aliphatic heterocycles. The number of amides is 1. The summed E-state index contributed by atoms with van der Waals surface area (Å²) < 4.78 is 161. The van der Waals surface area contributed by atoms with Crippen molar-refractivity contribution in [2.24, 2.45) is 0 Å². The zero-order valence-corrected chi connectivity index (χ0v) is 83.7. The predicted octanol–water partition coefficient (Wildman–Crippen LogP) is 22.2. The molecule has 11 aliphatic rings. The number of hydrogen-bond acceptors (Lipinski definition) is 20. The molecule has 0 spiro atoms. The Morgan fingerprint density at radius 1 is 0.245 bits per heavy atom. The minimum atomic E-state index is -4.36. The number of anilines is 8. The molecule has 0 radical (unpaired) electrons. The summed E-state index contributed by atoms with van der Waals surface area (Å²) in [5, 5.41) is 0. The Morgan fingerprint density at radius 2 is 0.475 bits per heavy atom. The zero-order chi connectivity index (χ0) is 97.1. The lowest BCUT2D eigenvalue weighted by Crippen LogP contribution is -2.49. The molecule has 8 aromatic rings. The first-order chi connectivity index (χ1) is 67.2. The van der Waals surface area contributed by atoms with Crippen LogP contribution >= 0.6 is 47.0 Å². The first-order valence-corrected chi connectivity index (χ1v) is 53.7. The van der Waals surface area contributed by atoms with Gasteiger partial charge < -0.3 is 63.7 Å². The molecular formula is C106H136F12N16OS4. The lowest BCUT2D eigenvalue weighted by atomic mass is 10.1. The van der Waals surface area contributed by atoms with Crippen molar-refractivity contribution in [3.8, 4) is 0 Å². The predicted molar refractivity (Wildman–Crippen MR) is 540 cm³/mol. The standard InChI is InChI=1S/C27H35F3N4S.C27H37F3N4S.C26H31F3N4OS.C26H33F3N4S/c28-27(29,30)22-9-10-26-24(21-22)34(23-7-2-3-8-25(23)35-26)14-6-13-32-16-19-33(20-17-32)18-15-31-11-4-1-5-12-31;1-3-31(4-2)13-7-14-32-17-19-33(20-18-32)15-8-16-34-23-9-5-6-10-25(23)35-26-12-11-22(21-24(26)34)27(28,29)30;27-26(28,29)20-8-9-24-22(19-20)33(21-5-1-2-6-23(21)35-24)12-4-10-30-13-15-31(16-14-30)17-18-32-11-3-7-25(32)34;27-26(28,29)21-8-9-25-23(20-21)33(22-6-1-2-7-24(22)34-25)13-5-12-31-15-18-32(19-16-31)17-14-30-10-3-4-11-30/h2-3,7-10,21H,1,4-6,11-20H2;5-6,9-12,21H,3-4,7-8,13-20H2,1-2H3;1-2,5-6,8-9,19H,3-4,7,10-18H2;1-2,6-9,20H,3-5,10-19H2. The highest BCUT2D eigenvalue weighted by molar-refractivity contribution is 8.00. The van der Waals surface area contributed by atoms with Crippen LogP contribution in [-0.2, 0) is 29.5 Å². The molecule has 8 aromatic carbocycles. The van der Waals surface area contributed by atoms with E-state index < -0.39 is 47.0 Å². The largest absolute Gasteiger partial charge is 0.416 e. The van der Waals surface area contributed by atoms with Gasteiger partial charge in [0.05, 0.1) is 67.8 Å². The second-order valence-electron chi connectivity index (χ2n) is 38.1. The highest BCUT2D eigenvalue weighted by Crippen LogP contribution is 2.55. The van der Waals surface area contributed by atoms with Gasteiger partial charge in [-0.3, -0.25) is 19.5 Å². The van der Waals surface area contributed by atoms with Gasteiger partial charge in [0, 0.05) is 222 Å². The van der Waals surface area contributed by atoms with E-state index in [1.54, 1.807) is 59.6 Å². The van der Waals surface area contributed by atoms with Crippen LogP contribution in [0.4, 0.5) is 98.2 Å². The maximum absolute atomic E-state index is 13.4. The summed E-state index contributed by atoms with van der Waals surface area (Å²) >= 11 is 6.19. The van der Waals surface area contributed by atoms with Gasteiger partial charge in [-0.2, -0.15) is 52.7 Å². The smallest absolute Gasteiger partial charge is 0.341 e. The number of fused-ring (bicyclic) bond motifs is 8. The number of nitrogens with zero attached hydrogens (tertiary/aromatic N) is 16. The highest BCUT2D eigenvalue weighted by Gasteiger charge is 2.40. The van der Waals surface area contributed by atoms with Crippen molar-refractivity contribution in [1.82, 2.24) is 58.8 Å². The Labute approximate surface area is 831 Å². The van der Waals surface area contributed by atoms with Crippen LogP contribution in [0.2, 0.25) is 0 Å². The fraction of sp³-hybridized carbons (Fsp3) is 0.538. The van der Waals surface area contributed by atoms with Crippen LogP contribution in [0.15, 0.2) is 209 Å². The molecule has 33 heteroatoms. The normalized spacial score (nSPS) is 19.0. The van der Waals surface area contributed by atoms with E-state index >= 15 is 0 Å². The number of para-hydroxylation sites is 4. The van der Waals surface area contributed by atoms with E-state index in [-0.39, 0.29) is 5.91 Å². The third-order valence-corrected chi connectivity index (χ3v) is 33.4. The Kier molecular flexibility index (Phi) is 37.1. The van der Waals surface area contributed by atoms with Crippen molar-refractivity contribution in [2.75, 3.05) is 275 Å². The number of carbonyl (C=O) groups is 1. The van der Waals surface area contributed by atoms with Crippen LogP contribution in [-0.4, -0.2) is 320 Å². The van der Waals surface area contributed by atoms with E-state index in [0.29, 0.717) is 55.3 Å². The second kappa shape index (κ2) is 49.4. The van der Waals surface area contributed by atoms with Gasteiger partial charge in [-0.05, 0) is 264 Å². The minimum Gasteiger partial charge on any atom is -0.341 e. The van der Waals surface area contributed by atoms with Crippen LogP contribution in [0.25, 0.3) is 0 Å². The number of halogens is 12. The molecule has 0 saturated carbocycles. The van der Waals surface area contributed by atoms with E-state index in [0.717, 1.165) is 277 Å². The maximum Gasteiger partial charge on any atom is 0.416 e. The van der Waals surface area contributed by atoms with E-state index in [2.05, 4.69) is 99.5 Å². The molecule has 19 rings (SSSR count). The van der Waals surface area contributed by atoms with Crippen molar-refractivity contribution in [3.05, 3.63) is 192 Å². The van der Waals surface area contributed by atoms with Gasteiger partial charge in [0.15, 0.2) is 0 Å². The first-order valence-electron chi connectivity index (χ1n) is 50.5. The summed E-state index contributed by atoms with van der Waals surface area (Å²) in [6.07, 6.45) is -4.11. The van der Waals surface area contributed by atoms with E-state index in [9.17, 15) is 57.5 Å². The quantitative estimate of drug-likeness (QED) is 0.0387. The van der Waals surface area contributed by atoms with Gasteiger partial charge in [-0.15, -0.1) is 0 Å². The molecule has 0 aromatic heterocycles. The average molecular weight is 2010 g/mol. The van der Waals surface area contributed by atoms with Crippen molar-refractivity contribution in [2.45, 2.75) is 155 Å². The van der Waals surface area contributed by atoms with Crippen LogP contribution in [0.5, 0.6) is 0 Å². The number of hydrogen-bond donors (Lipinski definition) is 0. The Morgan fingerprint density at radius 3 is 0.727 bits per heavy atom. The molecule has 0 bridgehead atoms. The average Bonchev–Trinajstić information content (AvgIpc) is 1.19. The van der Waals surface area contributed by atoms with Crippen LogP contribution in [0.1, 0.15) is 113 Å². The summed E-state index contributed by atoms with van der Waals surface area (Å²) in [6.45, 7) is 44.9. The summed E-state index contributed by atoms with van der Waals surface area (Å²) in [4.78, 5) is 57.7. The van der Waals surface area contributed by atoms with Crippen LogP contribution in [0, 0.1) is 0 Å². The molecular weight excluding hydrogens is 1870 g/mol. The molecule has 7 fully saturated rings. The Hall–Kier alpha value is -7.45. The fourth-order valence-corrected chi connectivity index (χ4v) is 25.1. The lowest BCUT2D eigenvalue weighted by molar-refractivity contribution is -0.138. The number of piperazine rings is 4. The zero-order valence-electron chi connectivity index (χ0n) is 80.5. The fourth-order valence-electron chi connectivity index (χ4n) is 20.8. The van der Waals surface area contributed by atoms with Crippen molar-refractivity contribution in [1.29, 1.82) is 0 Å². The van der Waals surface area contributed by atoms with Gasteiger partial charge in [0.25, 0.3) is 0 Å². The minimum absolute atomic E-state index is 0.283. The molecule has 1 amide bonds. The number of benzene rings is 8. The van der Waals surface area contributed by atoms with Crippen molar-refractivity contribution < 1.29 is 57.5 Å². The van der Waals surface area contributed by atoms with Crippen molar-refractivity contribution in [3.63, 3.8) is 0 Å². The van der Waals surface area contributed by atoms with Gasteiger partial charge in [-0.25, -0.2) is 0 Å². The van der Waals surface area contributed by atoms with Gasteiger partial charge in [-0.1, -0.05) is 116 Å². The summed E-state index contributed by atoms with van der Waals surface area (Å²) in [7, 11) is 0. The van der Waals surface area contributed by atoms with E-state index in [4.69, 9.17) is 0 Å². The van der Waals surface area contributed by atoms with Gasteiger partial charge in [0.2, 0.25) is 5.91 Å². The second-order valence-corrected chi connectivity index (χ2v) is 42.4. The molecule has 754 valence electrons. The van der Waals surface area contributed by atoms with Crippen molar-refractivity contribution >= 4 is 98.5 Å². The molecule has 7 saturated heterocycles. The van der Waals surface area contributed by atoms with E-state index in [1.165, 1.54) is 145 Å².